The first-order chi connectivity index (χ1) is 20.3. The number of hydrogen-bond acceptors (Lipinski definition) is 5. The maximum Gasteiger partial charge on any atom is 0.338 e. The van der Waals surface area contributed by atoms with Gasteiger partial charge in [0.05, 0.1) is 28.1 Å². The number of ether oxygens (including phenoxy) is 1. The Hall–Kier alpha value is -4.27. The zero-order chi connectivity index (χ0) is 29.1. The Kier molecular flexibility index (Phi) is 6.48. The second-order valence-electron chi connectivity index (χ2n) is 10.6. The number of imide groups is 1. The third-order valence-electron chi connectivity index (χ3n) is 8.35. The van der Waals surface area contributed by atoms with E-state index in [9.17, 15) is 19.2 Å². The van der Waals surface area contributed by atoms with E-state index < -0.39 is 30.3 Å². The van der Waals surface area contributed by atoms with Crippen molar-refractivity contribution >= 4 is 62.6 Å². The van der Waals surface area contributed by atoms with E-state index in [4.69, 9.17) is 16.3 Å². The average Bonchev–Trinajstić information content (AvgIpc) is 3.28. The summed E-state index contributed by atoms with van der Waals surface area (Å²) >= 11 is 9.33. The van der Waals surface area contributed by atoms with Crippen molar-refractivity contribution in [1.82, 2.24) is 0 Å². The molecule has 42 heavy (non-hydrogen) atoms. The van der Waals surface area contributed by atoms with Crippen LogP contribution in [0.2, 0.25) is 5.02 Å². The third kappa shape index (κ3) is 4.16. The van der Waals surface area contributed by atoms with Crippen molar-refractivity contribution in [3.05, 3.63) is 128 Å². The van der Waals surface area contributed by atoms with E-state index in [2.05, 4.69) is 45.5 Å². The summed E-state index contributed by atoms with van der Waals surface area (Å²) < 4.78 is 5.86. The molecule has 3 aliphatic carbocycles. The molecule has 0 aromatic heterocycles. The number of halogens is 2. The molecular formula is C33H22BrClN2O5. The van der Waals surface area contributed by atoms with Gasteiger partial charge in [-0.15, -0.1) is 0 Å². The maximum absolute atomic E-state index is 13.9. The molecule has 1 saturated heterocycles. The molecule has 1 heterocycles. The molecule has 1 aliphatic heterocycles. The summed E-state index contributed by atoms with van der Waals surface area (Å²) in [5.41, 5.74) is 5.48. The summed E-state index contributed by atoms with van der Waals surface area (Å²) in [4.78, 5) is 54.0. The third-order valence-corrected chi connectivity index (χ3v) is 9.58. The molecule has 2 atom stereocenters. The highest BCUT2D eigenvalue weighted by Gasteiger charge is 2.61. The van der Waals surface area contributed by atoms with E-state index in [-0.39, 0.29) is 29.2 Å². The Morgan fingerprint density at radius 3 is 1.81 bits per heavy atom. The number of hydrogen-bond donors (Lipinski definition) is 1. The Morgan fingerprint density at radius 2 is 1.31 bits per heavy atom. The predicted octanol–water partition coefficient (Wildman–Crippen LogP) is 6.29. The van der Waals surface area contributed by atoms with Gasteiger partial charge in [-0.1, -0.05) is 60.1 Å². The molecule has 1 fully saturated rings. The molecule has 1 N–H and O–H groups in total. The lowest BCUT2D eigenvalue weighted by atomic mass is 9.55. The second-order valence-corrected chi connectivity index (χ2v) is 11.8. The molecular weight excluding hydrogens is 620 g/mol. The first kappa shape index (κ1) is 26.6. The van der Waals surface area contributed by atoms with Gasteiger partial charge in [-0.2, -0.15) is 0 Å². The van der Waals surface area contributed by atoms with Crippen LogP contribution in [0.1, 0.15) is 44.4 Å². The summed E-state index contributed by atoms with van der Waals surface area (Å²) in [6.07, 6.45) is 0. The van der Waals surface area contributed by atoms with Crippen molar-refractivity contribution in [1.29, 1.82) is 0 Å². The second kappa shape index (κ2) is 10.2. The number of esters is 1. The fourth-order valence-corrected chi connectivity index (χ4v) is 7.09. The first-order valence-electron chi connectivity index (χ1n) is 13.4. The van der Waals surface area contributed by atoms with Crippen LogP contribution in [0, 0.1) is 11.8 Å². The zero-order valence-electron chi connectivity index (χ0n) is 21.9. The fraction of sp³-hybridized carbons (Fsp3) is 0.152. The topological polar surface area (TPSA) is 92.8 Å². The van der Waals surface area contributed by atoms with E-state index in [1.165, 1.54) is 17.0 Å². The van der Waals surface area contributed by atoms with Gasteiger partial charge in [-0.25, -0.2) is 9.69 Å². The van der Waals surface area contributed by atoms with Crippen LogP contribution < -0.4 is 10.2 Å². The van der Waals surface area contributed by atoms with Crippen LogP contribution in [0.25, 0.3) is 0 Å². The quantitative estimate of drug-likeness (QED) is 0.204. The van der Waals surface area contributed by atoms with Crippen molar-refractivity contribution in [2.75, 3.05) is 16.8 Å². The Bertz CT molecular complexity index is 1690. The van der Waals surface area contributed by atoms with Gasteiger partial charge >= 0.3 is 5.97 Å². The molecule has 8 rings (SSSR count). The Labute approximate surface area is 254 Å². The van der Waals surface area contributed by atoms with Gasteiger partial charge < -0.3 is 10.1 Å². The molecule has 4 aliphatic rings. The van der Waals surface area contributed by atoms with Crippen LogP contribution >= 0.6 is 27.5 Å². The molecule has 2 bridgehead atoms. The number of benzene rings is 4. The van der Waals surface area contributed by atoms with Crippen LogP contribution in [-0.2, 0) is 19.1 Å². The number of carbonyl (C=O) groups excluding carboxylic acids is 4. The van der Waals surface area contributed by atoms with Gasteiger partial charge in [0.2, 0.25) is 11.8 Å². The van der Waals surface area contributed by atoms with Crippen LogP contribution in [0.15, 0.2) is 95.5 Å². The fourth-order valence-electron chi connectivity index (χ4n) is 6.66. The SMILES string of the molecule is O=C(COC(=O)c1ccc(N2C(=O)[C@@H]3C4c5ccccc5C(c5ccccc54)[C@H]3C2=O)cc1)Nc1ccc(Br)c(Cl)c1. The van der Waals surface area contributed by atoms with Crippen molar-refractivity contribution in [2.45, 2.75) is 11.8 Å². The van der Waals surface area contributed by atoms with E-state index in [0.29, 0.717) is 20.9 Å². The Morgan fingerprint density at radius 1 is 0.786 bits per heavy atom. The molecule has 0 saturated carbocycles. The van der Waals surface area contributed by atoms with E-state index in [1.807, 2.05) is 24.3 Å². The van der Waals surface area contributed by atoms with E-state index in [1.54, 1.807) is 30.3 Å². The lowest BCUT2D eigenvalue weighted by Crippen LogP contribution is -2.41. The summed E-state index contributed by atoms with van der Waals surface area (Å²) in [5.74, 6) is -3.06. The lowest BCUT2D eigenvalue weighted by Gasteiger charge is -2.45. The number of carbonyl (C=O) groups is 4. The number of nitrogens with one attached hydrogen (secondary N) is 1. The number of rotatable bonds is 5. The van der Waals surface area contributed by atoms with Gasteiger partial charge in [0.25, 0.3) is 5.91 Å². The minimum absolute atomic E-state index is 0.189. The largest absolute Gasteiger partial charge is 0.452 e. The highest BCUT2D eigenvalue weighted by Crippen LogP contribution is 2.61. The summed E-state index contributed by atoms with van der Waals surface area (Å²) in [6, 6.07) is 27.2. The maximum atomic E-state index is 13.9. The minimum Gasteiger partial charge on any atom is -0.452 e. The van der Waals surface area contributed by atoms with Gasteiger partial charge in [0.1, 0.15) is 0 Å². The zero-order valence-corrected chi connectivity index (χ0v) is 24.3. The number of anilines is 2. The smallest absolute Gasteiger partial charge is 0.338 e. The van der Waals surface area contributed by atoms with Crippen molar-refractivity contribution in [3.8, 4) is 0 Å². The summed E-state index contributed by atoms with van der Waals surface area (Å²) in [6.45, 7) is -0.495. The van der Waals surface area contributed by atoms with Crippen molar-refractivity contribution in [3.63, 3.8) is 0 Å². The molecule has 208 valence electrons. The highest BCUT2D eigenvalue weighted by atomic mass is 79.9. The lowest BCUT2D eigenvalue weighted by molar-refractivity contribution is -0.122. The number of nitrogens with zero attached hydrogens (tertiary/aromatic N) is 1. The highest BCUT2D eigenvalue weighted by molar-refractivity contribution is 9.10. The standard InChI is InChI=1S/C33H22BrClN2O5/c34-24-14-11-18(15-25(24)35)36-26(38)16-42-33(41)17-9-12-19(13-10-17)37-31(39)29-27-20-5-1-2-6-21(20)28(30(29)32(37)40)23-8-4-3-7-22(23)27/h1-15,27-30H,16H2,(H,36,38)/t27?,28?,29-,30-/m1/s1. The summed E-state index contributed by atoms with van der Waals surface area (Å²) in [5, 5.41) is 3.05. The number of amides is 3. The van der Waals surface area contributed by atoms with Crippen molar-refractivity contribution < 1.29 is 23.9 Å². The van der Waals surface area contributed by atoms with Crippen LogP contribution in [-0.4, -0.2) is 30.3 Å². The molecule has 0 radical (unpaired) electrons. The molecule has 4 aromatic rings. The molecule has 3 amide bonds. The van der Waals surface area contributed by atoms with Crippen LogP contribution in [0.5, 0.6) is 0 Å². The molecule has 0 unspecified atom stereocenters. The van der Waals surface area contributed by atoms with Gasteiger partial charge in [0, 0.05) is 22.0 Å². The molecule has 9 heteroatoms. The summed E-state index contributed by atoms with van der Waals surface area (Å²) in [7, 11) is 0. The molecule has 7 nitrogen and oxygen atoms in total. The van der Waals surface area contributed by atoms with Gasteiger partial charge in [-0.05, 0) is 80.6 Å². The van der Waals surface area contributed by atoms with Crippen LogP contribution in [0.3, 0.4) is 0 Å². The van der Waals surface area contributed by atoms with Gasteiger partial charge in [0.15, 0.2) is 6.61 Å². The normalized spacial score (nSPS) is 21.4. The monoisotopic (exact) mass is 640 g/mol. The van der Waals surface area contributed by atoms with E-state index >= 15 is 0 Å². The van der Waals surface area contributed by atoms with Crippen LogP contribution in [0.4, 0.5) is 11.4 Å². The van der Waals surface area contributed by atoms with Crippen molar-refractivity contribution in [2.24, 2.45) is 11.8 Å². The minimum atomic E-state index is -0.706. The molecule has 0 spiro atoms. The molecule has 4 aromatic carbocycles. The predicted molar refractivity (Wildman–Crippen MR) is 161 cm³/mol. The van der Waals surface area contributed by atoms with Gasteiger partial charge in [-0.3, -0.25) is 14.4 Å². The Balaban J connectivity index is 1.08. The average molecular weight is 642 g/mol. The first-order valence-corrected chi connectivity index (χ1v) is 14.6. The van der Waals surface area contributed by atoms with E-state index in [0.717, 1.165) is 22.3 Å².